The first kappa shape index (κ1) is 47.6. The molecule has 0 saturated carbocycles. The van der Waals surface area contributed by atoms with Gasteiger partial charge in [0.05, 0.1) is 119 Å². The van der Waals surface area contributed by atoms with Crippen molar-refractivity contribution in [2.45, 2.75) is 54.4 Å². The second-order valence-corrected chi connectivity index (χ2v) is 14.5. The molecule has 14 heteroatoms. The largest absolute Gasteiger partial charge is 0.396 e. The summed E-state index contributed by atoms with van der Waals surface area (Å²) in [5.74, 6) is 0. The van der Waals surface area contributed by atoms with E-state index < -0.39 is 27.1 Å². The first-order chi connectivity index (χ1) is 21.6. The monoisotopic (exact) mass is 676 g/mol. The molecule has 1 aliphatic heterocycles. The van der Waals surface area contributed by atoms with Gasteiger partial charge in [0.2, 0.25) is 0 Å². The number of rotatable bonds is 24. The van der Waals surface area contributed by atoms with Crippen LogP contribution in [0.1, 0.15) is 54.4 Å². The molecule has 46 heavy (non-hydrogen) atoms. The van der Waals surface area contributed by atoms with Crippen LogP contribution in [0, 0.1) is 32.5 Å². The number of aliphatic hydroxyl groups excluding tert-OH is 10. The minimum atomic E-state index is -0.764. The Kier molecular flexibility index (Phi) is 24.5. The van der Waals surface area contributed by atoms with Gasteiger partial charge >= 0.3 is 0 Å². The quantitative estimate of drug-likeness (QED) is 0.0577. The van der Waals surface area contributed by atoms with Gasteiger partial charge in [0.15, 0.2) is 0 Å². The average molecular weight is 677 g/mol. The molecule has 1 saturated heterocycles. The van der Waals surface area contributed by atoms with E-state index >= 15 is 0 Å². The van der Waals surface area contributed by atoms with E-state index in [-0.39, 0.29) is 111 Å². The summed E-state index contributed by atoms with van der Waals surface area (Å²) in [6, 6.07) is 0. The molecule has 1 fully saturated rings. The molecule has 0 aromatic heterocycles. The molecule has 0 atom stereocenters. The van der Waals surface area contributed by atoms with E-state index in [0.717, 1.165) is 13.2 Å². The average Bonchev–Trinajstić information content (AvgIpc) is 3.08. The van der Waals surface area contributed by atoms with Gasteiger partial charge in [-0.1, -0.05) is 41.5 Å². The van der Waals surface area contributed by atoms with Gasteiger partial charge < -0.3 is 70.0 Å². The number of ether oxygens (including phenoxy) is 4. The predicted octanol–water partition coefficient (Wildman–Crippen LogP) is -1.22. The van der Waals surface area contributed by atoms with Crippen LogP contribution >= 0.6 is 0 Å². The molecule has 1 heterocycles. The summed E-state index contributed by atoms with van der Waals surface area (Å²) >= 11 is 0. The van der Waals surface area contributed by atoms with Crippen molar-refractivity contribution in [3.63, 3.8) is 0 Å². The molecule has 280 valence electrons. The number of hydrogen-bond donors (Lipinski definition) is 10. The van der Waals surface area contributed by atoms with Gasteiger partial charge in [0, 0.05) is 32.5 Å². The summed E-state index contributed by atoms with van der Waals surface area (Å²) in [4.78, 5) is 0. The summed E-state index contributed by atoms with van der Waals surface area (Å²) < 4.78 is 22.4. The molecule has 10 N–H and O–H groups in total. The molecule has 0 aliphatic carbocycles. The highest BCUT2D eigenvalue weighted by Gasteiger charge is 2.35. The molecule has 0 unspecified atom stereocenters. The van der Waals surface area contributed by atoms with Crippen LogP contribution in [-0.4, -0.2) is 170 Å². The third kappa shape index (κ3) is 17.2. The Balaban J connectivity index is 0. The Morgan fingerprint density at radius 3 is 0.870 bits per heavy atom. The van der Waals surface area contributed by atoms with Gasteiger partial charge in [-0.2, -0.15) is 0 Å². The summed E-state index contributed by atoms with van der Waals surface area (Å²) in [5.41, 5.74) is -3.43. The summed E-state index contributed by atoms with van der Waals surface area (Å²) in [6.45, 7) is 12.1. The first-order valence-electron chi connectivity index (χ1n) is 16.0. The van der Waals surface area contributed by atoms with Gasteiger partial charge in [-0.05, 0) is 12.8 Å². The lowest BCUT2D eigenvalue weighted by Crippen LogP contribution is -2.42. The molecule has 1 rings (SSSR count). The Hall–Kier alpha value is -0.560. The Morgan fingerprint density at radius 1 is 0.478 bits per heavy atom. The summed E-state index contributed by atoms with van der Waals surface area (Å²) in [5, 5.41) is 91.3. The maximum absolute atomic E-state index is 9.46. The Labute approximate surface area is 275 Å². The minimum Gasteiger partial charge on any atom is -0.396 e. The maximum atomic E-state index is 9.46. The van der Waals surface area contributed by atoms with Crippen LogP contribution in [0.3, 0.4) is 0 Å². The lowest BCUT2D eigenvalue weighted by atomic mass is 9.87. The molecule has 14 nitrogen and oxygen atoms in total. The fraction of sp³-hybridized carbons (Fsp3) is 1.00. The van der Waals surface area contributed by atoms with E-state index in [9.17, 15) is 30.6 Å². The van der Waals surface area contributed by atoms with E-state index in [0.29, 0.717) is 12.8 Å². The molecule has 1 aliphatic rings. The van der Waals surface area contributed by atoms with E-state index in [4.69, 9.17) is 39.4 Å². The second kappa shape index (κ2) is 23.7. The van der Waals surface area contributed by atoms with Crippen molar-refractivity contribution in [3.05, 3.63) is 0 Å². The SMILES string of the molecule is CC1(CO)COC1.CCC(CO)(CO)CO.CCC(COCC(C)(CO)CO)(COCC(C)(CO)CO)COCC(C)(CO)CO. The summed E-state index contributed by atoms with van der Waals surface area (Å²) in [7, 11) is 0. The zero-order valence-electron chi connectivity index (χ0n) is 29.2. The predicted molar refractivity (Wildman–Crippen MR) is 172 cm³/mol. The number of hydrogen-bond acceptors (Lipinski definition) is 14. The molecular formula is C32H68O14. The van der Waals surface area contributed by atoms with Crippen LogP contribution in [0.25, 0.3) is 0 Å². The zero-order chi connectivity index (χ0) is 36.0. The highest BCUT2D eigenvalue weighted by Crippen LogP contribution is 2.28. The van der Waals surface area contributed by atoms with Crippen LogP contribution < -0.4 is 0 Å². The highest BCUT2D eigenvalue weighted by atomic mass is 16.5. The third-order valence-electron chi connectivity index (χ3n) is 8.66. The normalized spacial score (nSPS) is 15.4. The minimum absolute atomic E-state index is 0.0972. The van der Waals surface area contributed by atoms with Crippen LogP contribution in [0.2, 0.25) is 0 Å². The molecule has 0 amide bonds. The van der Waals surface area contributed by atoms with Gasteiger partial charge in [-0.15, -0.1) is 0 Å². The molecule has 0 aromatic carbocycles. The topological polar surface area (TPSA) is 239 Å². The Bertz CT molecular complexity index is 635. The van der Waals surface area contributed by atoms with Gasteiger partial charge in [0.25, 0.3) is 0 Å². The fourth-order valence-electron chi connectivity index (χ4n) is 3.42. The van der Waals surface area contributed by atoms with Gasteiger partial charge in [-0.3, -0.25) is 0 Å². The first-order valence-corrected chi connectivity index (χ1v) is 16.0. The molecular weight excluding hydrogens is 608 g/mol. The third-order valence-corrected chi connectivity index (χ3v) is 8.66. The maximum Gasteiger partial charge on any atom is 0.0566 e. The lowest BCUT2D eigenvalue weighted by molar-refractivity contribution is -0.125. The van der Waals surface area contributed by atoms with Crippen molar-refractivity contribution in [1.29, 1.82) is 0 Å². The molecule has 0 radical (unpaired) electrons. The zero-order valence-corrected chi connectivity index (χ0v) is 29.2. The highest BCUT2D eigenvalue weighted by molar-refractivity contribution is 4.82. The van der Waals surface area contributed by atoms with Crippen molar-refractivity contribution >= 4 is 0 Å². The van der Waals surface area contributed by atoms with E-state index in [1.165, 1.54) is 0 Å². The van der Waals surface area contributed by atoms with Crippen molar-refractivity contribution in [2.24, 2.45) is 32.5 Å². The van der Waals surface area contributed by atoms with Gasteiger partial charge in [0.1, 0.15) is 0 Å². The lowest BCUT2D eigenvalue weighted by Gasteiger charge is -2.36. The van der Waals surface area contributed by atoms with Crippen molar-refractivity contribution in [2.75, 3.05) is 119 Å². The standard InChI is InChI=1S/C21H44O9.C6H14O3.C5H10O2/c1-5-21(15-28-12-18(2,6-22)7-23,16-29-13-19(3,8-24)9-25)17-30-14-20(4,10-26)11-27;1-2-6(3-7,4-8)5-9;1-5(2-6)3-7-4-5/h22-27H,5-17H2,1-4H3;7-9H,2-5H2,1H3;6H,2-4H2,1H3. The van der Waals surface area contributed by atoms with E-state index in [1.54, 1.807) is 20.8 Å². The molecule has 0 aromatic rings. The fourth-order valence-corrected chi connectivity index (χ4v) is 3.42. The van der Waals surface area contributed by atoms with E-state index in [1.807, 2.05) is 20.8 Å². The van der Waals surface area contributed by atoms with Crippen LogP contribution in [0.15, 0.2) is 0 Å². The Morgan fingerprint density at radius 2 is 0.761 bits per heavy atom. The number of aliphatic hydroxyl groups is 10. The van der Waals surface area contributed by atoms with Crippen LogP contribution in [0.5, 0.6) is 0 Å². The smallest absolute Gasteiger partial charge is 0.0566 e. The van der Waals surface area contributed by atoms with E-state index in [2.05, 4.69) is 0 Å². The molecule has 0 spiro atoms. The second-order valence-electron chi connectivity index (χ2n) is 14.5. The van der Waals surface area contributed by atoms with Crippen LogP contribution in [-0.2, 0) is 18.9 Å². The van der Waals surface area contributed by atoms with Gasteiger partial charge in [-0.25, -0.2) is 0 Å². The summed E-state index contributed by atoms with van der Waals surface area (Å²) in [6.07, 6.45) is 1.22. The van der Waals surface area contributed by atoms with Crippen molar-refractivity contribution in [1.82, 2.24) is 0 Å². The molecule has 0 bridgehead atoms. The van der Waals surface area contributed by atoms with Crippen molar-refractivity contribution in [3.8, 4) is 0 Å². The van der Waals surface area contributed by atoms with Crippen molar-refractivity contribution < 1.29 is 70.0 Å². The van der Waals surface area contributed by atoms with Crippen LogP contribution in [0.4, 0.5) is 0 Å².